The standard InChI is InChI=1S/C13H15ClN2O2/c1-9(17)10-5-3-4-6-11(10)18-8-13-15-7-12(14)16(13)2/h3-7,9,17H,8H2,1-2H3. The van der Waals surface area contributed by atoms with Crippen molar-refractivity contribution in [3.05, 3.63) is 47.0 Å². The van der Waals surface area contributed by atoms with Gasteiger partial charge in [-0.2, -0.15) is 0 Å². The van der Waals surface area contributed by atoms with E-state index in [4.69, 9.17) is 16.3 Å². The topological polar surface area (TPSA) is 47.3 Å². The van der Waals surface area contributed by atoms with Gasteiger partial charge in [-0.15, -0.1) is 0 Å². The van der Waals surface area contributed by atoms with Gasteiger partial charge in [0.1, 0.15) is 23.3 Å². The lowest BCUT2D eigenvalue weighted by molar-refractivity contribution is 0.189. The Morgan fingerprint density at radius 1 is 1.44 bits per heavy atom. The Labute approximate surface area is 111 Å². The maximum Gasteiger partial charge on any atom is 0.147 e. The van der Waals surface area contributed by atoms with Gasteiger partial charge in [-0.3, -0.25) is 0 Å². The molecule has 0 aliphatic rings. The molecule has 2 rings (SSSR count). The third-order valence-electron chi connectivity index (χ3n) is 2.75. The number of aliphatic hydroxyl groups excluding tert-OH is 1. The van der Waals surface area contributed by atoms with E-state index in [0.29, 0.717) is 17.5 Å². The van der Waals surface area contributed by atoms with Crippen LogP contribution in [-0.4, -0.2) is 14.7 Å². The van der Waals surface area contributed by atoms with E-state index in [2.05, 4.69) is 4.98 Å². The fourth-order valence-corrected chi connectivity index (χ4v) is 1.80. The molecule has 1 atom stereocenters. The zero-order chi connectivity index (χ0) is 13.1. The molecule has 0 aliphatic heterocycles. The van der Waals surface area contributed by atoms with Gasteiger partial charge in [0, 0.05) is 12.6 Å². The molecular weight excluding hydrogens is 252 g/mol. The SMILES string of the molecule is CC(O)c1ccccc1OCc1ncc(Cl)n1C. The molecule has 96 valence electrons. The van der Waals surface area contributed by atoms with Crippen molar-refractivity contribution in [3.63, 3.8) is 0 Å². The number of hydrogen-bond acceptors (Lipinski definition) is 3. The molecule has 5 heteroatoms. The van der Waals surface area contributed by atoms with E-state index in [1.807, 2.05) is 31.3 Å². The van der Waals surface area contributed by atoms with Crippen molar-refractivity contribution in [2.24, 2.45) is 7.05 Å². The van der Waals surface area contributed by atoms with Crippen molar-refractivity contribution in [2.75, 3.05) is 0 Å². The van der Waals surface area contributed by atoms with Gasteiger partial charge >= 0.3 is 0 Å². The largest absolute Gasteiger partial charge is 0.485 e. The van der Waals surface area contributed by atoms with Crippen molar-refractivity contribution in [1.82, 2.24) is 9.55 Å². The fraction of sp³-hybridized carbons (Fsp3) is 0.308. The molecule has 18 heavy (non-hydrogen) atoms. The van der Waals surface area contributed by atoms with Crippen molar-refractivity contribution < 1.29 is 9.84 Å². The van der Waals surface area contributed by atoms with Gasteiger partial charge in [-0.05, 0) is 13.0 Å². The van der Waals surface area contributed by atoms with Crippen LogP contribution in [0.1, 0.15) is 24.4 Å². The summed E-state index contributed by atoms with van der Waals surface area (Å²) in [6.07, 6.45) is 1.02. The Morgan fingerprint density at radius 3 is 2.78 bits per heavy atom. The predicted octanol–water partition coefficient (Wildman–Crippen LogP) is 2.71. The van der Waals surface area contributed by atoms with Crippen LogP contribution in [0.4, 0.5) is 0 Å². The van der Waals surface area contributed by atoms with Crippen molar-refractivity contribution in [1.29, 1.82) is 0 Å². The van der Waals surface area contributed by atoms with E-state index in [1.54, 1.807) is 17.7 Å². The average Bonchev–Trinajstić information content (AvgIpc) is 2.68. The first-order chi connectivity index (χ1) is 8.59. The molecule has 4 nitrogen and oxygen atoms in total. The maximum absolute atomic E-state index is 9.64. The van der Waals surface area contributed by atoms with Gasteiger partial charge in [0.2, 0.25) is 0 Å². The zero-order valence-corrected chi connectivity index (χ0v) is 11.1. The molecule has 0 radical (unpaired) electrons. The molecule has 0 spiro atoms. The number of rotatable bonds is 4. The van der Waals surface area contributed by atoms with Gasteiger partial charge < -0.3 is 14.4 Å². The van der Waals surface area contributed by atoms with Crippen LogP contribution in [-0.2, 0) is 13.7 Å². The second kappa shape index (κ2) is 5.42. The number of aliphatic hydroxyl groups is 1. The molecular formula is C13H15ClN2O2. The molecule has 0 amide bonds. The molecule has 1 aromatic heterocycles. The lowest BCUT2D eigenvalue weighted by Gasteiger charge is -2.13. The van der Waals surface area contributed by atoms with E-state index in [9.17, 15) is 5.11 Å². The Morgan fingerprint density at radius 2 is 2.17 bits per heavy atom. The lowest BCUT2D eigenvalue weighted by atomic mass is 10.1. The Hall–Kier alpha value is -1.52. The van der Waals surface area contributed by atoms with Crippen LogP contribution in [0.3, 0.4) is 0 Å². The summed E-state index contributed by atoms with van der Waals surface area (Å²) in [5.41, 5.74) is 0.762. The van der Waals surface area contributed by atoms with Crippen LogP contribution in [0.15, 0.2) is 30.5 Å². The Balaban J connectivity index is 2.13. The van der Waals surface area contributed by atoms with Crippen molar-refractivity contribution in [3.8, 4) is 5.75 Å². The first kappa shape index (κ1) is 12.9. The van der Waals surface area contributed by atoms with Crippen LogP contribution in [0.2, 0.25) is 5.15 Å². The molecule has 0 saturated heterocycles. The van der Waals surface area contributed by atoms with Crippen LogP contribution in [0.25, 0.3) is 0 Å². The highest BCUT2D eigenvalue weighted by Crippen LogP contribution is 2.25. The van der Waals surface area contributed by atoms with Crippen molar-refractivity contribution >= 4 is 11.6 Å². The molecule has 2 aromatic rings. The molecule has 0 bridgehead atoms. The minimum Gasteiger partial charge on any atom is -0.485 e. The summed E-state index contributed by atoms with van der Waals surface area (Å²) in [5.74, 6) is 1.40. The highest BCUT2D eigenvalue weighted by atomic mass is 35.5. The number of halogens is 1. The van der Waals surface area contributed by atoms with Gasteiger partial charge in [0.25, 0.3) is 0 Å². The summed E-state index contributed by atoms with van der Waals surface area (Å²) in [7, 11) is 1.83. The normalized spacial score (nSPS) is 12.4. The number of benzene rings is 1. The number of hydrogen-bond donors (Lipinski definition) is 1. The van der Waals surface area contributed by atoms with Crippen molar-refractivity contribution in [2.45, 2.75) is 19.6 Å². The summed E-state index contributed by atoms with van der Waals surface area (Å²) in [4.78, 5) is 4.15. The summed E-state index contributed by atoms with van der Waals surface area (Å²) in [6, 6.07) is 7.40. The highest BCUT2D eigenvalue weighted by Gasteiger charge is 2.10. The monoisotopic (exact) mass is 266 g/mol. The Bertz CT molecular complexity index is 538. The second-order valence-electron chi connectivity index (χ2n) is 4.06. The van der Waals surface area contributed by atoms with Crippen LogP contribution < -0.4 is 4.74 Å². The van der Waals surface area contributed by atoms with Gasteiger partial charge in [0.15, 0.2) is 0 Å². The van der Waals surface area contributed by atoms with E-state index in [-0.39, 0.29) is 0 Å². The van der Waals surface area contributed by atoms with E-state index < -0.39 is 6.10 Å². The molecule has 0 fully saturated rings. The predicted molar refractivity (Wildman–Crippen MR) is 69.6 cm³/mol. The number of aromatic nitrogens is 2. The number of nitrogens with zero attached hydrogens (tertiary/aromatic N) is 2. The van der Waals surface area contributed by atoms with E-state index in [0.717, 1.165) is 11.4 Å². The third kappa shape index (κ3) is 2.66. The molecule has 1 unspecified atom stereocenters. The van der Waals surface area contributed by atoms with Crippen LogP contribution >= 0.6 is 11.6 Å². The summed E-state index contributed by atoms with van der Waals surface area (Å²) in [6.45, 7) is 2.02. The van der Waals surface area contributed by atoms with Gasteiger partial charge in [-0.1, -0.05) is 29.8 Å². The molecule has 0 aliphatic carbocycles. The third-order valence-corrected chi connectivity index (χ3v) is 3.10. The fourth-order valence-electron chi connectivity index (χ4n) is 1.66. The minimum absolute atomic E-state index is 0.312. The number of imidazole rings is 1. The number of para-hydroxylation sites is 1. The summed E-state index contributed by atoms with van der Waals surface area (Å²) < 4.78 is 7.43. The Kier molecular flexibility index (Phi) is 3.89. The van der Waals surface area contributed by atoms with E-state index in [1.165, 1.54) is 0 Å². The molecule has 1 aromatic carbocycles. The number of ether oxygens (including phenoxy) is 1. The molecule has 0 saturated carbocycles. The van der Waals surface area contributed by atoms with Gasteiger partial charge in [0.05, 0.1) is 12.3 Å². The first-order valence-electron chi connectivity index (χ1n) is 5.65. The minimum atomic E-state index is -0.564. The summed E-state index contributed by atoms with van der Waals surface area (Å²) in [5, 5.41) is 10.2. The van der Waals surface area contributed by atoms with Crippen LogP contribution in [0, 0.1) is 0 Å². The van der Waals surface area contributed by atoms with Gasteiger partial charge in [-0.25, -0.2) is 4.98 Å². The summed E-state index contributed by atoms with van der Waals surface area (Å²) >= 11 is 5.90. The smallest absolute Gasteiger partial charge is 0.147 e. The lowest BCUT2D eigenvalue weighted by Crippen LogP contribution is -2.05. The molecule has 1 heterocycles. The van der Waals surface area contributed by atoms with Crippen LogP contribution in [0.5, 0.6) is 5.75 Å². The van der Waals surface area contributed by atoms with E-state index >= 15 is 0 Å². The maximum atomic E-state index is 9.64. The highest BCUT2D eigenvalue weighted by molar-refractivity contribution is 6.29. The molecule has 1 N–H and O–H groups in total. The zero-order valence-electron chi connectivity index (χ0n) is 10.3. The quantitative estimate of drug-likeness (QED) is 0.926. The average molecular weight is 267 g/mol. The first-order valence-corrected chi connectivity index (χ1v) is 6.03. The second-order valence-corrected chi connectivity index (χ2v) is 4.45.